The topological polar surface area (TPSA) is 95.3 Å². The molecule has 0 unspecified atom stereocenters. The van der Waals surface area contributed by atoms with Crippen molar-refractivity contribution in [3.05, 3.63) is 71.2 Å². The fraction of sp³-hybridized carbons (Fsp3) is 0.360. The van der Waals surface area contributed by atoms with Gasteiger partial charge in [0.25, 0.3) is 5.91 Å². The van der Waals surface area contributed by atoms with E-state index in [2.05, 4.69) is 15.4 Å². The van der Waals surface area contributed by atoms with Crippen LogP contribution in [-0.4, -0.2) is 39.4 Å². The normalized spacial score (nSPS) is 13.6. The summed E-state index contributed by atoms with van der Waals surface area (Å²) in [5.74, 6) is 0.0287. The third-order valence-electron chi connectivity index (χ3n) is 5.72. The Morgan fingerprint density at radius 1 is 1.15 bits per heavy atom. The molecule has 1 aromatic carbocycles. The van der Waals surface area contributed by atoms with Gasteiger partial charge in [-0.05, 0) is 75.4 Å². The number of esters is 1. The van der Waals surface area contributed by atoms with Gasteiger partial charge >= 0.3 is 5.97 Å². The smallest absolute Gasteiger partial charge is 0.341 e. The van der Waals surface area contributed by atoms with Gasteiger partial charge in [0.15, 0.2) is 0 Å². The fourth-order valence-electron chi connectivity index (χ4n) is 3.92. The van der Waals surface area contributed by atoms with Gasteiger partial charge in [0.2, 0.25) is 5.88 Å². The zero-order valence-electron chi connectivity index (χ0n) is 18.9. The quantitative estimate of drug-likeness (QED) is 0.523. The van der Waals surface area contributed by atoms with Crippen molar-refractivity contribution < 1.29 is 19.1 Å². The summed E-state index contributed by atoms with van der Waals surface area (Å²) < 4.78 is 12.6. The number of carbonyl (C=O) groups excluding carboxylic acids is 2. The van der Waals surface area contributed by atoms with E-state index in [0.29, 0.717) is 35.9 Å². The van der Waals surface area contributed by atoms with Gasteiger partial charge < -0.3 is 14.8 Å². The number of nitrogens with one attached hydrogen (secondary N) is 1. The van der Waals surface area contributed by atoms with Crippen molar-refractivity contribution in [1.29, 1.82) is 0 Å². The van der Waals surface area contributed by atoms with Crippen molar-refractivity contribution in [2.45, 2.75) is 52.2 Å². The SMILES string of the molecule is CCOC(=O)c1cnn(-c2ccc(C(=O)NCc3ccnc(OC4CCCC4)c3)cc2)c1C. The highest BCUT2D eigenvalue weighted by Crippen LogP contribution is 2.23. The first-order valence-electron chi connectivity index (χ1n) is 11.3. The van der Waals surface area contributed by atoms with E-state index in [-0.39, 0.29) is 12.0 Å². The summed E-state index contributed by atoms with van der Waals surface area (Å²) in [5, 5.41) is 7.22. The van der Waals surface area contributed by atoms with E-state index in [1.54, 1.807) is 49.0 Å². The molecule has 1 aliphatic rings. The second-order valence-corrected chi connectivity index (χ2v) is 8.03. The fourth-order valence-corrected chi connectivity index (χ4v) is 3.92. The predicted octanol–water partition coefficient (Wildman–Crippen LogP) is 4.00. The molecular formula is C25H28N4O4. The summed E-state index contributed by atoms with van der Waals surface area (Å²) in [4.78, 5) is 28.9. The van der Waals surface area contributed by atoms with E-state index in [1.807, 2.05) is 12.1 Å². The van der Waals surface area contributed by atoms with E-state index in [9.17, 15) is 9.59 Å². The van der Waals surface area contributed by atoms with Crippen molar-refractivity contribution in [2.24, 2.45) is 0 Å². The van der Waals surface area contributed by atoms with Gasteiger partial charge in [0, 0.05) is 24.4 Å². The summed E-state index contributed by atoms with van der Waals surface area (Å²) in [6.45, 7) is 4.26. The van der Waals surface area contributed by atoms with Crippen molar-refractivity contribution in [3.63, 3.8) is 0 Å². The Balaban J connectivity index is 1.37. The Hall–Kier alpha value is -3.68. The number of carbonyl (C=O) groups is 2. The van der Waals surface area contributed by atoms with E-state index in [1.165, 1.54) is 19.0 Å². The minimum Gasteiger partial charge on any atom is -0.474 e. The van der Waals surface area contributed by atoms with Crippen LogP contribution in [0.25, 0.3) is 5.69 Å². The first-order chi connectivity index (χ1) is 16.0. The minimum absolute atomic E-state index is 0.180. The maximum absolute atomic E-state index is 12.6. The summed E-state index contributed by atoms with van der Waals surface area (Å²) in [6.07, 6.45) is 7.98. The highest BCUT2D eigenvalue weighted by atomic mass is 16.5. The predicted molar refractivity (Wildman–Crippen MR) is 123 cm³/mol. The molecule has 172 valence electrons. The molecular weight excluding hydrogens is 420 g/mol. The van der Waals surface area contributed by atoms with E-state index in [4.69, 9.17) is 9.47 Å². The van der Waals surface area contributed by atoms with Crippen LogP contribution in [-0.2, 0) is 11.3 Å². The molecule has 1 fully saturated rings. The second-order valence-electron chi connectivity index (χ2n) is 8.03. The molecule has 1 saturated carbocycles. The van der Waals surface area contributed by atoms with Crippen LogP contribution in [0, 0.1) is 6.92 Å². The average molecular weight is 449 g/mol. The van der Waals surface area contributed by atoms with Crippen molar-refractivity contribution in [1.82, 2.24) is 20.1 Å². The molecule has 0 atom stereocenters. The van der Waals surface area contributed by atoms with Crippen LogP contribution < -0.4 is 10.1 Å². The molecule has 0 bridgehead atoms. The van der Waals surface area contributed by atoms with Crippen molar-refractivity contribution in [2.75, 3.05) is 6.61 Å². The second kappa shape index (κ2) is 10.3. The number of rotatable bonds is 8. The number of ether oxygens (including phenoxy) is 2. The maximum Gasteiger partial charge on any atom is 0.341 e. The molecule has 1 amide bonds. The molecule has 4 rings (SSSR count). The molecule has 0 spiro atoms. The molecule has 1 N–H and O–H groups in total. The molecule has 8 heteroatoms. The largest absolute Gasteiger partial charge is 0.474 e. The number of amides is 1. The number of benzene rings is 1. The third kappa shape index (κ3) is 5.39. The van der Waals surface area contributed by atoms with Gasteiger partial charge in [0.05, 0.1) is 24.2 Å². The van der Waals surface area contributed by atoms with Gasteiger partial charge in [0.1, 0.15) is 11.7 Å². The molecule has 1 aliphatic carbocycles. The Morgan fingerprint density at radius 2 is 1.91 bits per heavy atom. The lowest BCUT2D eigenvalue weighted by molar-refractivity contribution is 0.0525. The summed E-state index contributed by atoms with van der Waals surface area (Å²) >= 11 is 0. The maximum atomic E-state index is 12.6. The molecule has 2 aromatic heterocycles. The molecule has 2 heterocycles. The summed E-state index contributed by atoms with van der Waals surface area (Å²) in [6, 6.07) is 10.8. The Kier molecular flexibility index (Phi) is 7.02. The molecule has 0 aliphatic heterocycles. The summed E-state index contributed by atoms with van der Waals surface area (Å²) in [5.41, 5.74) is 3.32. The van der Waals surface area contributed by atoms with Gasteiger partial charge in [-0.25, -0.2) is 14.5 Å². The lowest BCUT2D eigenvalue weighted by Gasteiger charge is -2.13. The van der Waals surface area contributed by atoms with Crippen LogP contribution in [0.4, 0.5) is 0 Å². The first kappa shape index (κ1) is 22.5. The van der Waals surface area contributed by atoms with Crippen LogP contribution in [0.3, 0.4) is 0 Å². The average Bonchev–Trinajstić information content (AvgIpc) is 3.47. The Morgan fingerprint density at radius 3 is 2.64 bits per heavy atom. The zero-order chi connectivity index (χ0) is 23.2. The summed E-state index contributed by atoms with van der Waals surface area (Å²) in [7, 11) is 0. The van der Waals surface area contributed by atoms with Gasteiger partial charge in [-0.2, -0.15) is 5.10 Å². The van der Waals surface area contributed by atoms with Crippen LogP contribution in [0.2, 0.25) is 0 Å². The lowest BCUT2D eigenvalue weighted by atomic mass is 10.1. The monoisotopic (exact) mass is 448 g/mol. The van der Waals surface area contributed by atoms with Crippen molar-refractivity contribution >= 4 is 11.9 Å². The molecule has 3 aromatic rings. The van der Waals surface area contributed by atoms with Crippen molar-refractivity contribution in [3.8, 4) is 11.6 Å². The number of hydrogen-bond donors (Lipinski definition) is 1. The Labute approximate surface area is 192 Å². The van der Waals surface area contributed by atoms with Crippen LogP contribution in [0.15, 0.2) is 48.8 Å². The number of hydrogen-bond acceptors (Lipinski definition) is 6. The number of pyridine rings is 1. The molecule has 8 nitrogen and oxygen atoms in total. The van der Waals surface area contributed by atoms with E-state index < -0.39 is 5.97 Å². The molecule has 0 saturated heterocycles. The zero-order valence-corrected chi connectivity index (χ0v) is 18.9. The standard InChI is InChI=1S/C25H28N4O4/c1-3-32-25(31)22-16-28-29(17(22)2)20-10-8-19(9-11-20)24(30)27-15-18-12-13-26-23(14-18)33-21-6-4-5-7-21/h8-14,16,21H,3-7,15H2,1-2H3,(H,27,30). The van der Waals surface area contributed by atoms with E-state index >= 15 is 0 Å². The molecule has 33 heavy (non-hydrogen) atoms. The van der Waals surface area contributed by atoms with Crippen LogP contribution in [0.1, 0.15) is 64.6 Å². The highest BCUT2D eigenvalue weighted by Gasteiger charge is 2.18. The number of nitrogens with zero attached hydrogens (tertiary/aromatic N) is 3. The highest BCUT2D eigenvalue weighted by molar-refractivity contribution is 5.94. The van der Waals surface area contributed by atoms with Crippen LogP contribution >= 0.6 is 0 Å². The number of aromatic nitrogens is 3. The van der Waals surface area contributed by atoms with Gasteiger partial charge in [-0.15, -0.1) is 0 Å². The Bertz CT molecular complexity index is 1120. The minimum atomic E-state index is -0.398. The lowest BCUT2D eigenvalue weighted by Crippen LogP contribution is -2.23. The molecule has 0 radical (unpaired) electrons. The van der Waals surface area contributed by atoms with E-state index in [0.717, 1.165) is 24.1 Å². The van der Waals surface area contributed by atoms with Gasteiger partial charge in [-0.3, -0.25) is 4.79 Å². The van der Waals surface area contributed by atoms with Crippen LogP contribution in [0.5, 0.6) is 5.88 Å². The first-order valence-corrected chi connectivity index (χ1v) is 11.3. The van der Waals surface area contributed by atoms with Gasteiger partial charge in [-0.1, -0.05) is 0 Å². The third-order valence-corrected chi connectivity index (χ3v) is 5.72.